The lowest BCUT2D eigenvalue weighted by atomic mass is 10.0. The Morgan fingerprint density at radius 2 is 1.48 bits per heavy atom. The summed E-state index contributed by atoms with van der Waals surface area (Å²) in [5.74, 6) is 0.0394. The number of unbranched alkanes of at least 4 members (excludes halogenated alkanes) is 8. The van der Waals surface area contributed by atoms with Gasteiger partial charge in [-0.2, -0.15) is 0 Å². The lowest BCUT2D eigenvalue weighted by Crippen LogP contribution is -2.11. The average molecular weight is 417 g/mol. The van der Waals surface area contributed by atoms with Crippen molar-refractivity contribution in [3.8, 4) is 5.88 Å². The Hall–Kier alpha value is -2.88. The van der Waals surface area contributed by atoms with E-state index < -0.39 is 0 Å². The number of aromatic hydroxyl groups is 1. The maximum atomic E-state index is 13.0. The number of Topliss-reactive ketones (excluding diaryl/α,β-unsaturated/α-hetero) is 1. The van der Waals surface area contributed by atoms with Crippen molar-refractivity contribution >= 4 is 28.1 Å². The average Bonchev–Trinajstić information content (AvgIpc) is 3.26. The van der Waals surface area contributed by atoms with Gasteiger partial charge in [-0.25, -0.2) is 4.99 Å². The molecule has 0 bridgehead atoms. The molecule has 1 N–H and O–H groups in total. The fourth-order valence-corrected chi connectivity index (χ4v) is 4.56. The number of aromatic nitrogens is 1. The first-order valence-corrected chi connectivity index (χ1v) is 11.8. The molecule has 0 spiro atoms. The predicted molar refractivity (Wildman–Crippen MR) is 128 cm³/mol. The van der Waals surface area contributed by atoms with E-state index in [4.69, 9.17) is 0 Å². The first kappa shape index (κ1) is 21.4. The molecule has 4 heteroatoms. The molecule has 1 aromatic heterocycles. The van der Waals surface area contributed by atoms with Crippen LogP contribution in [0.5, 0.6) is 5.88 Å². The van der Waals surface area contributed by atoms with Gasteiger partial charge < -0.3 is 9.67 Å². The summed E-state index contributed by atoms with van der Waals surface area (Å²) >= 11 is 0. The maximum Gasteiger partial charge on any atom is 0.214 e. The highest BCUT2D eigenvalue weighted by Gasteiger charge is 2.31. The highest BCUT2D eigenvalue weighted by atomic mass is 16.3. The molecule has 2 heterocycles. The van der Waals surface area contributed by atoms with E-state index in [9.17, 15) is 9.90 Å². The Labute approximate surface area is 184 Å². The lowest BCUT2D eigenvalue weighted by molar-refractivity contribution is 0.107. The minimum Gasteiger partial charge on any atom is -0.494 e. The van der Waals surface area contributed by atoms with Gasteiger partial charge in [0.1, 0.15) is 5.71 Å². The number of rotatable bonds is 11. The van der Waals surface area contributed by atoms with Crippen LogP contribution in [0.25, 0.3) is 10.9 Å². The molecular weight excluding hydrogens is 384 g/mol. The van der Waals surface area contributed by atoms with Gasteiger partial charge in [0.15, 0.2) is 0 Å². The number of benzene rings is 2. The van der Waals surface area contributed by atoms with Crippen LogP contribution in [0.1, 0.15) is 80.6 Å². The van der Waals surface area contributed by atoms with Crippen molar-refractivity contribution in [3.63, 3.8) is 0 Å². The van der Waals surface area contributed by atoms with Crippen molar-refractivity contribution in [2.24, 2.45) is 4.99 Å². The molecule has 1 aliphatic heterocycles. The van der Waals surface area contributed by atoms with Crippen LogP contribution in [0.4, 0.5) is 5.69 Å². The van der Waals surface area contributed by atoms with Crippen LogP contribution in [-0.2, 0) is 6.54 Å². The molecular formula is C27H32N2O2. The third-order valence-electron chi connectivity index (χ3n) is 6.26. The monoisotopic (exact) mass is 416 g/mol. The summed E-state index contributed by atoms with van der Waals surface area (Å²) in [5.41, 5.74) is 3.15. The van der Waals surface area contributed by atoms with Gasteiger partial charge in [-0.3, -0.25) is 4.79 Å². The summed E-state index contributed by atoms with van der Waals surface area (Å²) < 4.78 is 1.95. The van der Waals surface area contributed by atoms with E-state index in [1.165, 1.54) is 44.9 Å². The topological polar surface area (TPSA) is 54.6 Å². The summed E-state index contributed by atoms with van der Waals surface area (Å²) in [6.45, 7) is 3.00. The standard InChI is InChI=1S/C27H32N2O2/c1-2-3-4-5-6-7-8-9-14-19-29-23-18-13-11-16-21(23)24(27(29)31)25-26(30)20-15-10-12-17-22(20)28-25/h10-13,15-18,31H,2-9,14,19H2,1H3. The Morgan fingerprint density at radius 3 is 2.23 bits per heavy atom. The molecule has 0 aliphatic carbocycles. The third-order valence-corrected chi connectivity index (χ3v) is 6.26. The van der Waals surface area contributed by atoms with Crippen LogP contribution in [0, 0.1) is 0 Å². The second kappa shape index (κ2) is 9.95. The van der Waals surface area contributed by atoms with Gasteiger partial charge >= 0.3 is 0 Å². The molecule has 0 radical (unpaired) electrons. The lowest BCUT2D eigenvalue weighted by Gasteiger charge is -2.07. The van der Waals surface area contributed by atoms with E-state index in [-0.39, 0.29) is 11.7 Å². The van der Waals surface area contributed by atoms with Gasteiger partial charge in [-0.15, -0.1) is 0 Å². The zero-order valence-corrected chi connectivity index (χ0v) is 18.4. The Balaban J connectivity index is 1.47. The van der Waals surface area contributed by atoms with Crippen molar-refractivity contribution < 1.29 is 9.90 Å². The van der Waals surface area contributed by atoms with Crippen LogP contribution in [0.15, 0.2) is 53.5 Å². The Morgan fingerprint density at radius 1 is 0.839 bits per heavy atom. The Kier molecular flexibility index (Phi) is 6.86. The predicted octanol–water partition coefficient (Wildman–Crippen LogP) is 7.19. The van der Waals surface area contributed by atoms with E-state index in [0.717, 1.165) is 30.3 Å². The molecule has 3 aromatic rings. The van der Waals surface area contributed by atoms with Crippen molar-refractivity contribution in [2.45, 2.75) is 71.3 Å². The number of carbonyl (C=O) groups is 1. The summed E-state index contributed by atoms with van der Waals surface area (Å²) in [7, 11) is 0. The number of ketones is 1. The van der Waals surface area contributed by atoms with Crippen LogP contribution < -0.4 is 0 Å². The molecule has 31 heavy (non-hydrogen) atoms. The summed E-state index contributed by atoms with van der Waals surface area (Å²) in [5, 5.41) is 12.0. The number of carbonyl (C=O) groups excluding carboxylic acids is 1. The van der Waals surface area contributed by atoms with E-state index in [1.807, 2.05) is 47.0 Å². The van der Waals surface area contributed by atoms with Crippen molar-refractivity contribution in [1.29, 1.82) is 0 Å². The smallest absolute Gasteiger partial charge is 0.214 e. The van der Waals surface area contributed by atoms with E-state index in [2.05, 4.69) is 11.9 Å². The number of fused-ring (bicyclic) bond motifs is 2. The molecule has 162 valence electrons. The highest BCUT2D eigenvalue weighted by Crippen LogP contribution is 2.37. The minimum atomic E-state index is -0.114. The van der Waals surface area contributed by atoms with E-state index in [0.29, 0.717) is 22.5 Å². The van der Waals surface area contributed by atoms with Crippen LogP contribution in [-0.4, -0.2) is 21.2 Å². The van der Waals surface area contributed by atoms with E-state index >= 15 is 0 Å². The van der Waals surface area contributed by atoms with E-state index in [1.54, 1.807) is 6.07 Å². The summed E-state index contributed by atoms with van der Waals surface area (Å²) in [6, 6.07) is 15.3. The summed E-state index contributed by atoms with van der Waals surface area (Å²) in [6.07, 6.45) is 11.4. The SMILES string of the molecule is CCCCCCCCCCCn1c(O)c(C2=Nc3ccccc3C2=O)c2ccccc21. The normalized spacial score (nSPS) is 13.1. The number of aryl methyl sites for hydroxylation is 1. The van der Waals surface area contributed by atoms with Crippen molar-refractivity contribution in [2.75, 3.05) is 0 Å². The molecule has 4 nitrogen and oxygen atoms in total. The number of aliphatic imine (C=N–C) groups is 1. The molecule has 2 aromatic carbocycles. The van der Waals surface area contributed by atoms with Crippen molar-refractivity contribution in [1.82, 2.24) is 4.57 Å². The van der Waals surface area contributed by atoms with Crippen molar-refractivity contribution in [3.05, 3.63) is 59.7 Å². The molecule has 0 unspecified atom stereocenters. The fraction of sp³-hybridized carbons (Fsp3) is 0.407. The summed E-state index contributed by atoms with van der Waals surface area (Å²) in [4.78, 5) is 17.6. The zero-order chi connectivity index (χ0) is 21.6. The largest absolute Gasteiger partial charge is 0.494 e. The molecule has 0 amide bonds. The molecule has 0 atom stereocenters. The van der Waals surface area contributed by atoms with Gasteiger partial charge in [0.05, 0.1) is 16.8 Å². The highest BCUT2D eigenvalue weighted by molar-refractivity contribution is 6.56. The molecule has 0 fully saturated rings. The molecule has 0 saturated carbocycles. The second-order valence-electron chi connectivity index (χ2n) is 8.50. The van der Waals surface area contributed by atoms with Crippen LogP contribution in [0.3, 0.4) is 0 Å². The zero-order valence-electron chi connectivity index (χ0n) is 18.4. The maximum absolute atomic E-state index is 13.0. The van der Waals surface area contributed by atoms with Gasteiger partial charge in [0.25, 0.3) is 0 Å². The second-order valence-corrected chi connectivity index (χ2v) is 8.50. The van der Waals surface area contributed by atoms with Gasteiger partial charge in [0, 0.05) is 17.5 Å². The fourth-order valence-electron chi connectivity index (χ4n) is 4.56. The quantitative estimate of drug-likeness (QED) is 0.336. The molecule has 4 rings (SSSR count). The van der Waals surface area contributed by atoms with Gasteiger partial charge in [-0.05, 0) is 24.6 Å². The Bertz CT molecular complexity index is 1090. The minimum absolute atomic E-state index is 0.114. The third kappa shape index (κ3) is 4.43. The number of hydrogen-bond donors (Lipinski definition) is 1. The molecule has 1 aliphatic rings. The molecule has 0 saturated heterocycles. The van der Waals surface area contributed by atoms with Gasteiger partial charge in [-0.1, -0.05) is 88.6 Å². The van der Waals surface area contributed by atoms with Crippen LogP contribution >= 0.6 is 0 Å². The first-order chi connectivity index (χ1) is 15.2. The number of para-hydroxylation sites is 2. The number of hydrogen-bond acceptors (Lipinski definition) is 3. The number of nitrogens with zero attached hydrogens (tertiary/aromatic N) is 2. The first-order valence-electron chi connectivity index (χ1n) is 11.8. The van der Waals surface area contributed by atoms with Crippen LogP contribution in [0.2, 0.25) is 0 Å². The van der Waals surface area contributed by atoms with Gasteiger partial charge in [0.2, 0.25) is 11.7 Å².